The fourth-order valence-electron chi connectivity index (χ4n) is 3.49. The van der Waals surface area contributed by atoms with E-state index in [4.69, 9.17) is 0 Å². The van der Waals surface area contributed by atoms with Gasteiger partial charge in [0.25, 0.3) is 5.91 Å². The number of aryl methyl sites for hydroxylation is 2. The second kappa shape index (κ2) is 8.47. The molecule has 0 radical (unpaired) electrons. The maximum absolute atomic E-state index is 12.4. The number of benzene rings is 2. The van der Waals surface area contributed by atoms with Gasteiger partial charge in [0.05, 0.1) is 0 Å². The minimum atomic E-state index is -0.0127. The number of likely N-dealkylation sites (N-methyl/N-ethyl adjacent to an activating group) is 1. The summed E-state index contributed by atoms with van der Waals surface area (Å²) in [6, 6.07) is 14.5. The van der Waals surface area contributed by atoms with Crippen molar-refractivity contribution in [2.24, 2.45) is 0 Å². The fourth-order valence-corrected chi connectivity index (χ4v) is 3.49. The van der Waals surface area contributed by atoms with Crippen LogP contribution in [0, 0.1) is 13.8 Å². The topological polar surface area (TPSA) is 35.6 Å². The Bertz CT molecular complexity index is 743. The summed E-state index contributed by atoms with van der Waals surface area (Å²) in [7, 11) is 2.18. The molecule has 2 aromatic rings. The highest BCUT2D eigenvalue weighted by Gasteiger charge is 2.14. The molecule has 1 fully saturated rings. The number of carbonyl (C=O) groups is 1. The molecule has 4 heteroatoms. The maximum atomic E-state index is 12.4. The lowest BCUT2D eigenvalue weighted by atomic mass is 10.1. The zero-order chi connectivity index (χ0) is 18.5. The molecule has 0 unspecified atom stereocenters. The molecule has 1 N–H and O–H groups in total. The molecule has 1 aliphatic heterocycles. The first-order valence-corrected chi connectivity index (χ1v) is 9.35. The predicted molar refractivity (Wildman–Crippen MR) is 106 cm³/mol. The fraction of sp³-hybridized carbons (Fsp3) is 0.409. The number of hydrogen-bond donors (Lipinski definition) is 1. The summed E-state index contributed by atoms with van der Waals surface area (Å²) in [6.45, 7) is 10.1. The van der Waals surface area contributed by atoms with Crippen LogP contribution in [0.2, 0.25) is 0 Å². The van der Waals surface area contributed by atoms with Gasteiger partial charge in [0, 0.05) is 44.8 Å². The van der Waals surface area contributed by atoms with E-state index >= 15 is 0 Å². The summed E-state index contributed by atoms with van der Waals surface area (Å²) in [4.78, 5) is 17.3. The van der Waals surface area contributed by atoms with Gasteiger partial charge in [0.1, 0.15) is 0 Å². The number of piperazine rings is 1. The van der Waals surface area contributed by atoms with Gasteiger partial charge in [0.2, 0.25) is 0 Å². The molecule has 4 nitrogen and oxygen atoms in total. The van der Waals surface area contributed by atoms with Crippen molar-refractivity contribution < 1.29 is 4.79 Å². The molecule has 138 valence electrons. The average molecular weight is 351 g/mol. The molecule has 2 aromatic carbocycles. The first kappa shape index (κ1) is 18.6. The predicted octanol–water partition coefficient (Wildman–Crippen LogP) is 2.98. The Kier molecular flexibility index (Phi) is 6.07. The van der Waals surface area contributed by atoms with Gasteiger partial charge in [-0.3, -0.25) is 9.69 Å². The molecule has 0 atom stereocenters. The highest BCUT2D eigenvalue weighted by molar-refractivity contribution is 5.94. The zero-order valence-corrected chi connectivity index (χ0v) is 16.1. The third kappa shape index (κ3) is 5.16. The van der Waals surface area contributed by atoms with Crippen LogP contribution >= 0.6 is 0 Å². The zero-order valence-electron chi connectivity index (χ0n) is 16.1. The van der Waals surface area contributed by atoms with E-state index in [1.54, 1.807) is 0 Å². The SMILES string of the molecule is Cc1cc(C)cc(C(=O)NCc2cccc(CN3CCN(C)CC3)c2)c1. The van der Waals surface area contributed by atoms with Crippen LogP contribution in [0.4, 0.5) is 0 Å². The van der Waals surface area contributed by atoms with Crippen molar-refractivity contribution in [1.82, 2.24) is 15.1 Å². The van der Waals surface area contributed by atoms with Crippen LogP contribution in [0.3, 0.4) is 0 Å². The minimum absolute atomic E-state index is 0.0127. The number of carbonyl (C=O) groups excluding carboxylic acids is 1. The molecular formula is C22H29N3O. The van der Waals surface area contributed by atoms with Crippen molar-refractivity contribution in [3.63, 3.8) is 0 Å². The van der Waals surface area contributed by atoms with E-state index < -0.39 is 0 Å². The first-order chi connectivity index (χ1) is 12.5. The van der Waals surface area contributed by atoms with Crippen molar-refractivity contribution >= 4 is 5.91 Å². The van der Waals surface area contributed by atoms with Crippen molar-refractivity contribution in [2.75, 3.05) is 33.2 Å². The van der Waals surface area contributed by atoms with E-state index in [9.17, 15) is 4.79 Å². The van der Waals surface area contributed by atoms with Crippen LogP contribution in [0.15, 0.2) is 42.5 Å². The van der Waals surface area contributed by atoms with E-state index in [0.29, 0.717) is 6.54 Å². The Balaban J connectivity index is 1.57. The summed E-state index contributed by atoms with van der Waals surface area (Å²) in [5.74, 6) is -0.0127. The molecule has 0 spiro atoms. The molecule has 1 heterocycles. The Morgan fingerprint density at radius 1 is 0.962 bits per heavy atom. The van der Waals surface area contributed by atoms with Gasteiger partial charge in [-0.05, 0) is 44.2 Å². The molecule has 3 rings (SSSR count). The number of nitrogens with one attached hydrogen (secondary N) is 1. The lowest BCUT2D eigenvalue weighted by Gasteiger charge is -2.32. The van der Waals surface area contributed by atoms with Crippen molar-refractivity contribution in [2.45, 2.75) is 26.9 Å². The molecule has 0 aliphatic carbocycles. The Morgan fingerprint density at radius 2 is 1.62 bits per heavy atom. The minimum Gasteiger partial charge on any atom is -0.348 e. The Labute approximate surface area is 156 Å². The van der Waals surface area contributed by atoms with Gasteiger partial charge in [-0.1, -0.05) is 41.5 Å². The van der Waals surface area contributed by atoms with Gasteiger partial charge in [-0.25, -0.2) is 0 Å². The maximum Gasteiger partial charge on any atom is 0.251 e. The highest BCUT2D eigenvalue weighted by atomic mass is 16.1. The van der Waals surface area contributed by atoms with Gasteiger partial charge in [0.15, 0.2) is 0 Å². The second-order valence-electron chi connectivity index (χ2n) is 7.46. The first-order valence-electron chi connectivity index (χ1n) is 9.35. The monoisotopic (exact) mass is 351 g/mol. The largest absolute Gasteiger partial charge is 0.348 e. The summed E-state index contributed by atoms with van der Waals surface area (Å²) < 4.78 is 0. The van der Waals surface area contributed by atoms with E-state index in [0.717, 1.165) is 55.0 Å². The lowest BCUT2D eigenvalue weighted by molar-refractivity contribution is 0.0950. The molecule has 0 bridgehead atoms. The van der Waals surface area contributed by atoms with Crippen LogP contribution in [-0.2, 0) is 13.1 Å². The Hall–Kier alpha value is -2.17. The van der Waals surface area contributed by atoms with Crippen molar-refractivity contribution in [1.29, 1.82) is 0 Å². The van der Waals surface area contributed by atoms with Crippen LogP contribution in [0.1, 0.15) is 32.6 Å². The molecule has 26 heavy (non-hydrogen) atoms. The number of rotatable bonds is 5. The van der Waals surface area contributed by atoms with E-state index in [-0.39, 0.29) is 5.91 Å². The number of nitrogens with zero attached hydrogens (tertiary/aromatic N) is 2. The van der Waals surface area contributed by atoms with Gasteiger partial charge in [-0.2, -0.15) is 0 Å². The van der Waals surface area contributed by atoms with Crippen molar-refractivity contribution in [3.05, 3.63) is 70.3 Å². The van der Waals surface area contributed by atoms with E-state index in [2.05, 4.69) is 52.5 Å². The third-order valence-electron chi connectivity index (χ3n) is 4.93. The summed E-state index contributed by atoms with van der Waals surface area (Å²) in [5.41, 5.74) is 5.42. The van der Waals surface area contributed by atoms with Crippen LogP contribution < -0.4 is 5.32 Å². The molecule has 1 saturated heterocycles. The molecule has 1 amide bonds. The van der Waals surface area contributed by atoms with Gasteiger partial charge < -0.3 is 10.2 Å². The van der Waals surface area contributed by atoms with Gasteiger partial charge in [-0.15, -0.1) is 0 Å². The third-order valence-corrected chi connectivity index (χ3v) is 4.93. The van der Waals surface area contributed by atoms with Crippen molar-refractivity contribution in [3.8, 4) is 0 Å². The molecule has 0 saturated carbocycles. The lowest BCUT2D eigenvalue weighted by Crippen LogP contribution is -2.43. The van der Waals surface area contributed by atoms with Crippen LogP contribution in [0.5, 0.6) is 0 Å². The highest BCUT2D eigenvalue weighted by Crippen LogP contribution is 2.12. The Morgan fingerprint density at radius 3 is 2.31 bits per heavy atom. The average Bonchev–Trinajstić information content (AvgIpc) is 2.61. The van der Waals surface area contributed by atoms with E-state index in [1.807, 2.05) is 26.0 Å². The van der Waals surface area contributed by atoms with E-state index in [1.165, 1.54) is 5.56 Å². The second-order valence-corrected chi connectivity index (χ2v) is 7.46. The standard InChI is InChI=1S/C22H29N3O/c1-17-11-18(2)13-21(12-17)22(26)23-15-19-5-4-6-20(14-19)16-25-9-7-24(3)8-10-25/h4-6,11-14H,7-10,15-16H2,1-3H3,(H,23,26). The van der Waals surface area contributed by atoms with Crippen LogP contribution in [0.25, 0.3) is 0 Å². The number of hydrogen-bond acceptors (Lipinski definition) is 3. The number of amides is 1. The molecular weight excluding hydrogens is 322 g/mol. The smallest absolute Gasteiger partial charge is 0.251 e. The molecule has 0 aromatic heterocycles. The van der Waals surface area contributed by atoms with Crippen LogP contribution in [-0.4, -0.2) is 48.9 Å². The van der Waals surface area contributed by atoms with Gasteiger partial charge >= 0.3 is 0 Å². The summed E-state index contributed by atoms with van der Waals surface area (Å²) in [6.07, 6.45) is 0. The summed E-state index contributed by atoms with van der Waals surface area (Å²) >= 11 is 0. The summed E-state index contributed by atoms with van der Waals surface area (Å²) in [5, 5.41) is 3.05. The normalized spacial score (nSPS) is 15.8. The quantitative estimate of drug-likeness (QED) is 0.900. The molecule has 1 aliphatic rings.